The number of rotatable bonds is 14. The van der Waals surface area contributed by atoms with Crippen LogP contribution in [0.1, 0.15) is 24.6 Å². The fourth-order valence-corrected chi connectivity index (χ4v) is 3.93. The second-order valence-corrected chi connectivity index (χ2v) is 8.66. The van der Waals surface area contributed by atoms with Gasteiger partial charge in [-0.25, -0.2) is 4.68 Å². The highest BCUT2D eigenvalue weighted by molar-refractivity contribution is 6.30. The van der Waals surface area contributed by atoms with Crippen LogP contribution in [0.5, 0.6) is 17.4 Å². The monoisotopic (exact) mass is 499 g/mol. The maximum atomic E-state index is 10.5. The number of benzene rings is 2. The molecular formula is C27H34ClN3O4. The Labute approximate surface area is 212 Å². The lowest BCUT2D eigenvalue weighted by Gasteiger charge is -2.25. The Morgan fingerprint density at radius 2 is 1.89 bits per heavy atom. The summed E-state index contributed by atoms with van der Waals surface area (Å²) in [7, 11) is 1.61. The SMILES string of the molecule is C=CCOC[C@H](O)CN(CCC)Cc1c(C)nn(-c2ccc(Cl)cc2)c1Oc1ccccc1OC. The summed E-state index contributed by atoms with van der Waals surface area (Å²) in [5, 5.41) is 16.0. The Balaban J connectivity index is 1.97. The fourth-order valence-electron chi connectivity index (χ4n) is 3.80. The summed E-state index contributed by atoms with van der Waals surface area (Å²) in [5.74, 6) is 1.80. The Hall–Kier alpha value is -2.84. The lowest BCUT2D eigenvalue weighted by molar-refractivity contribution is 0.0244. The van der Waals surface area contributed by atoms with Crippen LogP contribution in [0, 0.1) is 6.92 Å². The molecular weight excluding hydrogens is 466 g/mol. The fraction of sp³-hybridized carbons (Fsp3) is 0.370. The van der Waals surface area contributed by atoms with Gasteiger partial charge >= 0.3 is 0 Å². The van der Waals surface area contributed by atoms with Crippen molar-refractivity contribution >= 4 is 11.6 Å². The molecule has 3 rings (SSSR count). The lowest BCUT2D eigenvalue weighted by atomic mass is 10.2. The number of ether oxygens (including phenoxy) is 3. The normalized spacial score (nSPS) is 12.1. The number of hydrogen-bond acceptors (Lipinski definition) is 6. The summed E-state index contributed by atoms with van der Waals surface area (Å²) in [5.41, 5.74) is 2.59. The van der Waals surface area contributed by atoms with E-state index in [1.807, 2.05) is 55.5 Å². The van der Waals surface area contributed by atoms with Gasteiger partial charge < -0.3 is 19.3 Å². The van der Waals surface area contributed by atoms with Crippen LogP contribution in [0.4, 0.5) is 0 Å². The minimum Gasteiger partial charge on any atom is -0.493 e. The zero-order chi connectivity index (χ0) is 25.2. The van der Waals surface area contributed by atoms with E-state index in [9.17, 15) is 5.11 Å². The molecule has 0 aliphatic rings. The highest BCUT2D eigenvalue weighted by Crippen LogP contribution is 2.36. The van der Waals surface area contributed by atoms with Crippen LogP contribution in [0.2, 0.25) is 5.02 Å². The van der Waals surface area contributed by atoms with Crippen LogP contribution in [0.25, 0.3) is 5.69 Å². The lowest BCUT2D eigenvalue weighted by Crippen LogP contribution is -2.35. The quantitative estimate of drug-likeness (QED) is 0.236. The molecule has 0 bridgehead atoms. The van der Waals surface area contributed by atoms with E-state index in [-0.39, 0.29) is 6.61 Å². The molecule has 1 N–H and O–H groups in total. The average Bonchev–Trinajstić information content (AvgIpc) is 3.15. The summed E-state index contributed by atoms with van der Waals surface area (Å²) in [6, 6.07) is 15.0. The standard InChI is InChI=1S/C27H34ClN3O4/c1-5-15-30(17-23(32)19-34-16-6-2)18-24-20(3)29-31(22-13-11-21(28)12-14-22)27(24)35-26-10-8-7-9-25(26)33-4/h6-14,23,32H,2,5,15-19H2,1,3-4H3/t23-/m1/s1. The second kappa shape index (κ2) is 13.3. The predicted octanol–water partition coefficient (Wildman–Crippen LogP) is 5.41. The first kappa shape index (κ1) is 26.8. The van der Waals surface area contributed by atoms with E-state index in [1.165, 1.54) is 0 Å². The summed E-state index contributed by atoms with van der Waals surface area (Å²) in [4.78, 5) is 2.19. The number of methoxy groups -OCH3 is 1. The van der Waals surface area contributed by atoms with Crippen molar-refractivity contribution in [1.82, 2.24) is 14.7 Å². The van der Waals surface area contributed by atoms with Gasteiger partial charge in [0, 0.05) is 18.1 Å². The zero-order valence-corrected chi connectivity index (χ0v) is 21.4. The Kier molecular flexibility index (Phi) is 10.2. The Bertz CT molecular complexity index is 1080. The second-order valence-electron chi connectivity index (χ2n) is 8.23. The molecule has 0 unspecified atom stereocenters. The van der Waals surface area contributed by atoms with Gasteiger partial charge in [-0.3, -0.25) is 4.90 Å². The van der Waals surface area contributed by atoms with E-state index in [0.29, 0.717) is 42.1 Å². The van der Waals surface area contributed by atoms with Crippen molar-refractivity contribution in [3.63, 3.8) is 0 Å². The van der Waals surface area contributed by atoms with Crippen LogP contribution < -0.4 is 9.47 Å². The van der Waals surface area contributed by atoms with Gasteiger partial charge in [0.2, 0.25) is 5.88 Å². The van der Waals surface area contributed by atoms with Gasteiger partial charge in [-0.15, -0.1) is 6.58 Å². The number of halogens is 1. The van der Waals surface area contributed by atoms with Crippen LogP contribution in [0.15, 0.2) is 61.2 Å². The van der Waals surface area contributed by atoms with Gasteiger partial charge in [-0.05, 0) is 56.3 Å². The molecule has 0 aliphatic carbocycles. The van der Waals surface area contributed by atoms with E-state index in [2.05, 4.69) is 18.4 Å². The molecule has 0 saturated heterocycles. The number of para-hydroxylation sites is 2. The number of aliphatic hydroxyl groups excluding tert-OH is 1. The van der Waals surface area contributed by atoms with E-state index in [0.717, 1.165) is 29.9 Å². The van der Waals surface area contributed by atoms with Gasteiger partial charge in [-0.2, -0.15) is 5.10 Å². The number of hydrogen-bond donors (Lipinski definition) is 1. The summed E-state index contributed by atoms with van der Waals surface area (Å²) >= 11 is 6.12. The smallest absolute Gasteiger partial charge is 0.227 e. The van der Waals surface area contributed by atoms with Crippen molar-refractivity contribution in [2.45, 2.75) is 32.9 Å². The molecule has 0 fully saturated rings. The third kappa shape index (κ3) is 7.32. The first-order valence-electron chi connectivity index (χ1n) is 11.7. The maximum absolute atomic E-state index is 10.5. The molecule has 1 heterocycles. The van der Waals surface area contributed by atoms with E-state index in [1.54, 1.807) is 17.9 Å². The number of nitrogens with zero attached hydrogens (tertiary/aromatic N) is 3. The molecule has 7 nitrogen and oxygen atoms in total. The summed E-state index contributed by atoms with van der Waals surface area (Å²) in [6.45, 7) is 10.2. The highest BCUT2D eigenvalue weighted by atomic mass is 35.5. The minimum atomic E-state index is -0.619. The van der Waals surface area contributed by atoms with Crippen molar-refractivity contribution in [1.29, 1.82) is 0 Å². The Morgan fingerprint density at radius 3 is 2.54 bits per heavy atom. The van der Waals surface area contributed by atoms with Crippen LogP contribution >= 0.6 is 11.6 Å². The molecule has 3 aromatic rings. The van der Waals surface area contributed by atoms with Crippen molar-refractivity contribution in [2.75, 3.05) is 33.4 Å². The molecule has 1 atom stereocenters. The molecule has 0 radical (unpaired) electrons. The third-order valence-corrected chi connectivity index (χ3v) is 5.67. The van der Waals surface area contributed by atoms with Gasteiger partial charge in [0.05, 0.1) is 43.4 Å². The molecule has 0 spiro atoms. The molecule has 0 saturated carbocycles. The molecule has 2 aromatic carbocycles. The maximum Gasteiger partial charge on any atom is 0.227 e. The number of aliphatic hydroxyl groups is 1. The molecule has 8 heteroatoms. The van der Waals surface area contributed by atoms with Gasteiger partial charge in [0.25, 0.3) is 0 Å². The largest absolute Gasteiger partial charge is 0.493 e. The Morgan fingerprint density at radius 1 is 1.17 bits per heavy atom. The van der Waals surface area contributed by atoms with E-state index < -0.39 is 6.10 Å². The summed E-state index contributed by atoms with van der Waals surface area (Å²) < 4.78 is 19.2. The van der Waals surface area contributed by atoms with E-state index in [4.69, 9.17) is 30.9 Å². The van der Waals surface area contributed by atoms with Gasteiger partial charge in [0.1, 0.15) is 0 Å². The van der Waals surface area contributed by atoms with Crippen molar-refractivity contribution in [3.8, 4) is 23.1 Å². The first-order valence-corrected chi connectivity index (χ1v) is 12.1. The molecule has 1 aromatic heterocycles. The molecule has 188 valence electrons. The van der Waals surface area contributed by atoms with Gasteiger partial charge in [0.15, 0.2) is 11.5 Å². The van der Waals surface area contributed by atoms with Crippen molar-refractivity contribution in [2.24, 2.45) is 0 Å². The van der Waals surface area contributed by atoms with E-state index >= 15 is 0 Å². The number of aromatic nitrogens is 2. The van der Waals surface area contributed by atoms with Gasteiger partial charge in [-0.1, -0.05) is 36.7 Å². The topological polar surface area (TPSA) is 69.0 Å². The third-order valence-electron chi connectivity index (χ3n) is 5.42. The van der Waals surface area contributed by atoms with Crippen LogP contribution in [-0.2, 0) is 11.3 Å². The number of aryl methyl sites for hydroxylation is 1. The predicted molar refractivity (Wildman–Crippen MR) is 139 cm³/mol. The molecule has 0 aliphatic heterocycles. The van der Waals surface area contributed by atoms with Crippen molar-refractivity contribution < 1.29 is 19.3 Å². The zero-order valence-electron chi connectivity index (χ0n) is 20.6. The first-order chi connectivity index (χ1) is 17.0. The average molecular weight is 500 g/mol. The summed E-state index contributed by atoms with van der Waals surface area (Å²) in [6.07, 6.45) is 1.99. The molecule has 0 amide bonds. The van der Waals surface area contributed by atoms with Crippen LogP contribution in [-0.4, -0.2) is 59.3 Å². The van der Waals surface area contributed by atoms with Crippen LogP contribution in [0.3, 0.4) is 0 Å². The highest BCUT2D eigenvalue weighted by Gasteiger charge is 2.23. The minimum absolute atomic E-state index is 0.250. The van der Waals surface area contributed by atoms with Crippen molar-refractivity contribution in [3.05, 3.63) is 77.5 Å². The molecule has 35 heavy (non-hydrogen) atoms.